The van der Waals surface area contributed by atoms with Crippen LogP contribution in [-0.2, 0) is 0 Å². The second-order valence-corrected chi connectivity index (χ2v) is 3.08. The molecule has 2 aromatic rings. The molecule has 0 aliphatic rings. The molecular formula is C6H2Cl2F2N4. The van der Waals surface area contributed by atoms with E-state index < -0.39 is 6.55 Å². The maximum absolute atomic E-state index is 12.4. The zero-order chi connectivity index (χ0) is 10.3. The van der Waals surface area contributed by atoms with Crippen LogP contribution in [0.4, 0.5) is 8.78 Å². The van der Waals surface area contributed by atoms with Gasteiger partial charge in [-0.05, 0) is 11.6 Å². The van der Waals surface area contributed by atoms with E-state index in [9.17, 15) is 8.78 Å². The van der Waals surface area contributed by atoms with Gasteiger partial charge in [0.15, 0.2) is 10.8 Å². The molecule has 2 rings (SSSR count). The third-order valence-electron chi connectivity index (χ3n) is 1.56. The first kappa shape index (κ1) is 9.54. The third-order valence-corrected chi connectivity index (χ3v) is 1.99. The van der Waals surface area contributed by atoms with Gasteiger partial charge in [0.05, 0.1) is 0 Å². The number of aromatic nitrogens is 4. The van der Waals surface area contributed by atoms with E-state index in [4.69, 9.17) is 23.2 Å². The van der Waals surface area contributed by atoms with Gasteiger partial charge in [-0.15, -0.1) is 0 Å². The van der Waals surface area contributed by atoms with Gasteiger partial charge in [-0.2, -0.15) is 13.8 Å². The second-order valence-electron chi connectivity index (χ2n) is 2.39. The lowest BCUT2D eigenvalue weighted by molar-refractivity contribution is 0.0740. The second kappa shape index (κ2) is 3.29. The molecule has 0 aliphatic heterocycles. The van der Waals surface area contributed by atoms with E-state index >= 15 is 0 Å². The van der Waals surface area contributed by atoms with Crippen molar-refractivity contribution in [2.45, 2.75) is 6.55 Å². The molecule has 2 aromatic heterocycles. The maximum Gasteiger partial charge on any atom is 0.321 e. The monoisotopic (exact) mass is 238 g/mol. The smallest absolute Gasteiger partial charge is 0.257 e. The molecule has 0 aromatic carbocycles. The van der Waals surface area contributed by atoms with E-state index in [2.05, 4.69) is 15.0 Å². The summed E-state index contributed by atoms with van der Waals surface area (Å²) >= 11 is 11.1. The van der Waals surface area contributed by atoms with Gasteiger partial charge in [-0.3, -0.25) is 4.57 Å². The Balaban J connectivity index is 2.78. The average Bonchev–Trinajstić information content (AvgIpc) is 2.47. The number of imidazole rings is 1. The Labute approximate surface area is 86.5 Å². The van der Waals surface area contributed by atoms with E-state index in [1.165, 1.54) is 0 Å². The Kier molecular flexibility index (Phi) is 2.24. The predicted molar refractivity (Wildman–Crippen MR) is 46.6 cm³/mol. The maximum atomic E-state index is 12.4. The number of hydrogen-bond acceptors (Lipinski definition) is 3. The number of rotatable bonds is 1. The molecule has 0 N–H and O–H groups in total. The van der Waals surface area contributed by atoms with Gasteiger partial charge in [0.1, 0.15) is 11.8 Å². The summed E-state index contributed by atoms with van der Waals surface area (Å²) < 4.78 is 25.3. The van der Waals surface area contributed by atoms with E-state index in [0.717, 1.165) is 6.33 Å². The lowest BCUT2D eigenvalue weighted by Crippen LogP contribution is -1.98. The highest BCUT2D eigenvalue weighted by molar-refractivity contribution is 6.35. The minimum absolute atomic E-state index is 0.0422. The zero-order valence-electron chi connectivity index (χ0n) is 6.46. The molecule has 14 heavy (non-hydrogen) atoms. The first-order valence-electron chi connectivity index (χ1n) is 3.43. The van der Waals surface area contributed by atoms with Crippen LogP contribution >= 0.6 is 23.2 Å². The Bertz CT molecular complexity index is 484. The summed E-state index contributed by atoms with van der Waals surface area (Å²) in [5.41, 5.74) is 0.0290. The molecule has 0 saturated heterocycles. The normalized spacial score (nSPS) is 11.5. The van der Waals surface area contributed by atoms with Crippen molar-refractivity contribution in [2.75, 3.05) is 0 Å². The van der Waals surface area contributed by atoms with Gasteiger partial charge in [-0.25, -0.2) is 9.97 Å². The van der Waals surface area contributed by atoms with Crippen molar-refractivity contribution >= 4 is 34.4 Å². The number of alkyl halides is 2. The van der Waals surface area contributed by atoms with Crippen LogP contribution in [0.5, 0.6) is 0 Å². The average molecular weight is 239 g/mol. The van der Waals surface area contributed by atoms with Crippen LogP contribution in [0.1, 0.15) is 6.55 Å². The molecule has 0 saturated carbocycles. The number of nitrogens with zero attached hydrogens (tertiary/aromatic N) is 4. The van der Waals surface area contributed by atoms with Gasteiger partial charge < -0.3 is 0 Å². The molecule has 0 radical (unpaired) electrons. The first-order chi connectivity index (χ1) is 6.59. The first-order valence-corrected chi connectivity index (χ1v) is 4.19. The van der Waals surface area contributed by atoms with Gasteiger partial charge in [-0.1, -0.05) is 11.6 Å². The molecule has 8 heteroatoms. The van der Waals surface area contributed by atoms with E-state index in [1.807, 2.05) is 0 Å². The number of halogens is 4. The van der Waals surface area contributed by atoms with E-state index in [-0.39, 0.29) is 21.6 Å². The molecule has 0 atom stereocenters. The summed E-state index contributed by atoms with van der Waals surface area (Å²) in [6.07, 6.45) is 0.937. The van der Waals surface area contributed by atoms with E-state index in [1.54, 1.807) is 0 Å². The van der Waals surface area contributed by atoms with Crippen molar-refractivity contribution in [2.24, 2.45) is 0 Å². The van der Waals surface area contributed by atoms with Gasteiger partial charge in [0, 0.05) is 0 Å². The fourth-order valence-corrected chi connectivity index (χ4v) is 1.42. The van der Waals surface area contributed by atoms with Crippen molar-refractivity contribution in [3.8, 4) is 0 Å². The standard InChI is InChI=1S/C6H2Cl2F2N4/c7-3-2-4(13-5(8)12-3)14(1-11-2)6(9)10/h1,6H. The summed E-state index contributed by atoms with van der Waals surface area (Å²) in [5, 5.41) is -0.232. The summed E-state index contributed by atoms with van der Waals surface area (Å²) in [4.78, 5) is 10.8. The highest BCUT2D eigenvalue weighted by atomic mass is 35.5. The molecule has 0 bridgehead atoms. The van der Waals surface area contributed by atoms with Crippen LogP contribution in [0, 0.1) is 0 Å². The van der Waals surface area contributed by atoms with E-state index in [0.29, 0.717) is 4.57 Å². The van der Waals surface area contributed by atoms with Crippen molar-refractivity contribution in [1.29, 1.82) is 0 Å². The summed E-state index contributed by atoms with van der Waals surface area (Å²) in [6.45, 7) is -2.73. The van der Waals surface area contributed by atoms with Crippen molar-refractivity contribution in [3.05, 3.63) is 16.8 Å². The van der Waals surface area contributed by atoms with Gasteiger partial charge >= 0.3 is 6.55 Å². The van der Waals surface area contributed by atoms with Crippen LogP contribution in [0.25, 0.3) is 11.2 Å². The van der Waals surface area contributed by atoms with Gasteiger partial charge in [0.2, 0.25) is 5.28 Å². The number of hydrogen-bond donors (Lipinski definition) is 0. The molecule has 0 aliphatic carbocycles. The van der Waals surface area contributed by atoms with Crippen molar-refractivity contribution in [3.63, 3.8) is 0 Å². The minimum atomic E-state index is -2.73. The summed E-state index contributed by atoms with van der Waals surface area (Å²) in [5.74, 6) is 0. The molecular weight excluding hydrogens is 237 g/mol. The highest BCUT2D eigenvalue weighted by Gasteiger charge is 2.15. The SMILES string of the molecule is FC(F)n1cnc2c(Cl)nc(Cl)nc21. The molecule has 2 heterocycles. The van der Waals surface area contributed by atoms with Crippen molar-refractivity contribution < 1.29 is 8.78 Å². The van der Waals surface area contributed by atoms with Crippen molar-refractivity contribution in [1.82, 2.24) is 19.5 Å². The fourth-order valence-electron chi connectivity index (χ4n) is 1.00. The number of fused-ring (bicyclic) bond motifs is 1. The molecule has 74 valence electrons. The van der Waals surface area contributed by atoms with Crippen LogP contribution in [0.3, 0.4) is 0 Å². The fraction of sp³-hybridized carbons (Fsp3) is 0.167. The third kappa shape index (κ3) is 1.40. The molecule has 0 fully saturated rings. The molecule has 0 spiro atoms. The lowest BCUT2D eigenvalue weighted by atomic mass is 10.5. The summed E-state index contributed by atoms with van der Waals surface area (Å²) in [7, 11) is 0. The molecule has 0 unspecified atom stereocenters. The Hall–Kier alpha value is -1.01. The topological polar surface area (TPSA) is 43.6 Å². The Morgan fingerprint density at radius 3 is 2.64 bits per heavy atom. The molecule has 4 nitrogen and oxygen atoms in total. The Morgan fingerprint density at radius 1 is 1.29 bits per heavy atom. The van der Waals surface area contributed by atoms with Crippen LogP contribution < -0.4 is 0 Å². The highest BCUT2D eigenvalue weighted by Crippen LogP contribution is 2.23. The van der Waals surface area contributed by atoms with Gasteiger partial charge in [0.25, 0.3) is 0 Å². The Morgan fingerprint density at radius 2 is 2.00 bits per heavy atom. The quantitative estimate of drug-likeness (QED) is 0.567. The predicted octanol–water partition coefficient (Wildman–Crippen LogP) is 2.53. The van der Waals surface area contributed by atoms with Crippen LogP contribution in [-0.4, -0.2) is 19.5 Å². The largest absolute Gasteiger partial charge is 0.321 e. The lowest BCUT2D eigenvalue weighted by Gasteiger charge is -2.00. The molecule has 0 amide bonds. The summed E-state index contributed by atoms with van der Waals surface area (Å²) in [6, 6.07) is 0. The van der Waals surface area contributed by atoms with Crippen LogP contribution in [0.15, 0.2) is 6.33 Å². The minimum Gasteiger partial charge on any atom is -0.257 e. The zero-order valence-corrected chi connectivity index (χ0v) is 7.97. The van der Waals surface area contributed by atoms with Crippen LogP contribution in [0.2, 0.25) is 10.4 Å².